The third-order valence-electron chi connectivity index (χ3n) is 5.58. The number of anilines is 1. The average Bonchev–Trinajstić information content (AvgIpc) is 2.70. The summed E-state index contributed by atoms with van der Waals surface area (Å²) in [5.41, 5.74) is 2.19. The number of fused-ring (bicyclic) bond motifs is 1. The second-order valence-corrected chi connectivity index (χ2v) is 10.9. The van der Waals surface area contributed by atoms with Gasteiger partial charge in [0.05, 0.1) is 18.0 Å². The molecule has 0 bridgehead atoms. The van der Waals surface area contributed by atoms with Gasteiger partial charge in [-0.05, 0) is 63.1 Å². The van der Waals surface area contributed by atoms with Crippen LogP contribution in [-0.2, 0) is 14.8 Å². The highest BCUT2D eigenvalue weighted by molar-refractivity contribution is 7.92. The van der Waals surface area contributed by atoms with Crippen molar-refractivity contribution in [3.05, 3.63) is 53.6 Å². The van der Waals surface area contributed by atoms with Crippen LogP contribution in [0.3, 0.4) is 0 Å². The largest absolute Gasteiger partial charge is 0.487 e. The number of rotatable bonds is 7. The van der Waals surface area contributed by atoms with Crippen LogP contribution in [0.25, 0.3) is 0 Å². The maximum absolute atomic E-state index is 13.1. The maximum Gasteiger partial charge on any atom is 0.261 e. The van der Waals surface area contributed by atoms with E-state index in [1.165, 1.54) is 11.4 Å². The molecule has 0 spiro atoms. The molecule has 32 heavy (non-hydrogen) atoms. The Morgan fingerprint density at radius 3 is 2.50 bits per heavy atom. The van der Waals surface area contributed by atoms with Crippen LogP contribution >= 0.6 is 0 Å². The van der Waals surface area contributed by atoms with Gasteiger partial charge < -0.3 is 14.8 Å². The lowest BCUT2D eigenvalue weighted by Crippen LogP contribution is -2.45. The molecule has 0 saturated carbocycles. The van der Waals surface area contributed by atoms with Gasteiger partial charge in [-0.1, -0.05) is 19.1 Å². The minimum absolute atomic E-state index is 0.176. The number of carbonyl (C=O) groups is 1. The molecule has 1 N–H and O–H groups in total. The molecule has 0 fully saturated rings. The van der Waals surface area contributed by atoms with Crippen molar-refractivity contribution in [2.75, 3.05) is 17.6 Å². The third-order valence-corrected chi connectivity index (χ3v) is 6.79. The molecular formula is C24H32N2O5S. The first-order valence-corrected chi connectivity index (χ1v) is 12.5. The number of amides is 1. The van der Waals surface area contributed by atoms with Crippen LogP contribution in [0.15, 0.2) is 42.5 Å². The number of sulfonamides is 1. The molecule has 1 aliphatic heterocycles. The highest BCUT2D eigenvalue weighted by Gasteiger charge is 2.35. The van der Waals surface area contributed by atoms with E-state index in [0.29, 0.717) is 24.3 Å². The Kier molecular flexibility index (Phi) is 6.74. The third kappa shape index (κ3) is 5.54. The van der Waals surface area contributed by atoms with Gasteiger partial charge in [0.2, 0.25) is 10.0 Å². The molecule has 2 aromatic rings. The van der Waals surface area contributed by atoms with Gasteiger partial charge in [-0.25, -0.2) is 8.42 Å². The molecule has 174 valence electrons. The van der Waals surface area contributed by atoms with Gasteiger partial charge in [0.1, 0.15) is 17.1 Å². The fourth-order valence-electron chi connectivity index (χ4n) is 3.76. The molecule has 2 aromatic carbocycles. The predicted molar refractivity (Wildman–Crippen MR) is 126 cm³/mol. The van der Waals surface area contributed by atoms with Gasteiger partial charge in [0, 0.05) is 19.0 Å². The highest BCUT2D eigenvalue weighted by atomic mass is 32.2. The standard InChI is InChI=1S/C24H32N2O5S/c1-7-21(30-18-11-9-17(10-12-18)26(5)32(6,28)29)23(27)25-20-15-24(3,4)31-22-14-16(2)8-13-19(20)22/h8-14,20-21H,7,15H2,1-6H3,(H,25,27). The number of ether oxygens (including phenoxy) is 2. The van der Waals surface area contributed by atoms with E-state index in [1.807, 2.05) is 45.9 Å². The topological polar surface area (TPSA) is 84.9 Å². The SMILES string of the molecule is CCC(Oc1ccc(N(C)S(C)(=O)=O)cc1)C(=O)NC1CC(C)(C)Oc2cc(C)ccc21. The number of hydrogen-bond donors (Lipinski definition) is 1. The average molecular weight is 461 g/mol. The summed E-state index contributed by atoms with van der Waals surface area (Å²) in [6.07, 6.45) is 1.61. The molecule has 3 rings (SSSR count). The summed E-state index contributed by atoms with van der Waals surface area (Å²) in [6, 6.07) is 12.5. The lowest BCUT2D eigenvalue weighted by molar-refractivity contribution is -0.129. The zero-order valence-corrected chi connectivity index (χ0v) is 20.3. The van der Waals surface area contributed by atoms with Crippen molar-refractivity contribution in [3.63, 3.8) is 0 Å². The van der Waals surface area contributed by atoms with Gasteiger partial charge in [0.25, 0.3) is 5.91 Å². The normalized spacial score (nSPS) is 18.1. The summed E-state index contributed by atoms with van der Waals surface area (Å²) in [5, 5.41) is 3.14. The Bertz CT molecular complexity index is 1080. The first-order chi connectivity index (χ1) is 14.9. The van der Waals surface area contributed by atoms with Crippen LogP contribution in [0.4, 0.5) is 5.69 Å². The van der Waals surface area contributed by atoms with Crippen LogP contribution in [0.1, 0.15) is 50.8 Å². The zero-order valence-electron chi connectivity index (χ0n) is 19.5. The van der Waals surface area contributed by atoms with Crippen LogP contribution in [-0.4, -0.2) is 39.3 Å². The van der Waals surface area contributed by atoms with Gasteiger partial charge >= 0.3 is 0 Å². The predicted octanol–water partition coefficient (Wildman–Crippen LogP) is 3.97. The lowest BCUT2D eigenvalue weighted by Gasteiger charge is -2.38. The zero-order chi connectivity index (χ0) is 23.7. The Balaban J connectivity index is 1.73. The van der Waals surface area contributed by atoms with Gasteiger partial charge in [-0.2, -0.15) is 0 Å². The molecule has 0 aliphatic carbocycles. The second-order valence-electron chi connectivity index (χ2n) is 8.91. The highest BCUT2D eigenvalue weighted by Crippen LogP contribution is 2.40. The number of nitrogens with one attached hydrogen (secondary N) is 1. The molecule has 8 heteroatoms. The van der Waals surface area contributed by atoms with E-state index in [1.54, 1.807) is 24.3 Å². The van der Waals surface area contributed by atoms with Crippen LogP contribution < -0.4 is 19.1 Å². The van der Waals surface area contributed by atoms with E-state index in [-0.39, 0.29) is 11.9 Å². The molecule has 1 amide bonds. The minimum atomic E-state index is -3.34. The summed E-state index contributed by atoms with van der Waals surface area (Å²) in [7, 11) is -1.86. The van der Waals surface area contributed by atoms with Crippen molar-refractivity contribution in [3.8, 4) is 11.5 Å². The monoisotopic (exact) mass is 460 g/mol. The first-order valence-electron chi connectivity index (χ1n) is 10.7. The first kappa shape index (κ1) is 23.9. The number of aryl methyl sites for hydroxylation is 1. The lowest BCUT2D eigenvalue weighted by atomic mass is 9.89. The van der Waals surface area contributed by atoms with Gasteiger partial charge in [-0.3, -0.25) is 9.10 Å². The molecule has 1 heterocycles. The number of carbonyl (C=O) groups excluding carboxylic acids is 1. The molecule has 2 unspecified atom stereocenters. The van der Waals surface area contributed by atoms with Crippen molar-refractivity contribution >= 4 is 21.6 Å². The Morgan fingerprint density at radius 2 is 1.91 bits per heavy atom. The summed E-state index contributed by atoms with van der Waals surface area (Å²) >= 11 is 0. The summed E-state index contributed by atoms with van der Waals surface area (Å²) in [6.45, 7) is 7.93. The van der Waals surface area contributed by atoms with Crippen LogP contribution in [0, 0.1) is 6.92 Å². The van der Waals surface area contributed by atoms with E-state index in [9.17, 15) is 13.2 Å². The Hall–Kier alpha value is -2.74. The summed E-state index contributed by atoms with van der Waals surface area (Å²) in [5.74, 6) is 1.10. The molecule has 2 atom stereocenters. The molecule has 0 radical (unpaired) electrons. The van der Waals surface area contributed by atoms with Crippen molar-refractivity contribution in [1.82, 2.24) is 5.32 Å². The van der Waals surface area contributed by atoms with Crippen molar-refractivity contribution < 1.29 is 22.7 Å². The fraction of sp³-hybridized carbons (Fsp3) is 0.458. The number of nitrogens with zero attached hydrogens (tertiary/aromatic N) is 1. The van der Waals surface area contributed by atoms with Gasteiger partial charge in [-0.15, -0.1) is 0 Å². The molecule has 7 nitrogen and oxygen atoms in total. The fourth-order valence-corrected chi connectivity index (χ4v) is 4.27. The van der Waals surface area contributed by atoms with Crippen LogP contribution in [0.5, 0.6) is 11.5 Å². The van der Waals surface area contributed by atoms with Crippen LogP contribution in [0.2, 0.25) is 0 Å². The number of hydrogen-bond acceptors (Lipinski definition) is 5. The van der Waals surface area contributed by atoms with Crippen molar-refractivity contribution in [2.24, 2.45) is 0 Å². The molecule has 0 aromatic heterocycles. The van der Waals surface area contributed by atoms with Crippen molar-refractivity contribution in [1.29, 1.82) is 0 Å². The van der Waals surface area contributed by atoms with E-state index in [4.69, 9.17) is 9.47 Å². The molecule has 1 aliphatic rings. The summed E-state index contributed by atoms with van der Waals surface area (Å²) < 4.78 is 36.6. The van der Waals surface area contributed by atoms with E-state index in [0.717, 1.165) is 23.1 Å². The maximum atomic E-state index is 13.1. The molecule has 0 saturated heterocycles. The summed E-state index contributed by atoms with van der Waals surface area (Å²) in [4.78, 5) is 13.1. The van der Waals surface area contributed by atoms with Crippen molar-refractivity contribution in [2.45, 2.75) is 58.3 Å². The van der Waals surface area contributed by atoms with E-state index in [2.05, 4.69) is 5.32 Å². The minimum Gasteiger partial charge on any atom is -0.487 e. The van der Waals surface area contributed by atoms with E-state index < -0.39 is 21.7 Å². The Morgan fingerprint density at radius 1 is 1.25 bits per heavy atom. The number of benzene rings is 2. The second kappa shape index (κ2) is 9.02. The molecular weight excluding hydrogens is 428 g/mol. The van der Waals surface area contributed by atoms with E-state index >= 15 is 0 Å². The Labute approximate surface area is 190 Å². The van der Waals surface area contributed by atoms with Gasteiger partial charge in [0.15, 0.2) is 6.10 Å². The quantitative estimate of drug-likeness (QED) is 0.676. The smallest absolute Gasteiger partial charge is 0.261 e.